The number of likely N-dealkylation sites (N-methyl/N-ethyl adjacent to an activating group) is 1. The van der Waals surface area contributed by atoms with Crippen molar-refractivity contribution in [1.29, 1.82) is 0 Å². The molecule has 6 nitrogen and oxygen atoms in total. The maximum absolute atomic E-state index is 14.5. The van der Waals surface area contributed by atoms with E-state index in [2.05, 4.69) is 16.9 Å². The molecule has 1 aliphatic heterocycles. The van der Waals surface area contributed by atoms with Crippen LogP contribution in [-0.4, -0.2) is 45.1 Å². The Kier molecular flexibility index (Phi) is 8.01. The first-order chi connectivity index (χ1) is 14.6. The molecule has 31 heavy (non-hydrogen) atoms. The highest BCUT2D eigenvalue weighted by Gasteiger charge is 2.46. The monoisotopic (exact) mass is 430 g/mol. The van der Waals surface area contributed by atoms with Crippen LogP contribution in [0.2, 0.25) is 0 Å². The number of amides is 1. The molecule has 1 atom stereocenters. The van der Waals surface area contributed by atoms with E-state index in [1.165, 1.54) is 5.01 Å². The third-order valence-corrected chi connectivity index (χ3v) is 6.08. The first-order valence-corrected chi connectivity index (χ1v) is 10.8. The summed E-state index contributed by atoms with van der Waals surface area (Å²) < 4.78 is 14.5. The number of allylic oxidation sites excluding steroid dienone is 1. The Morgan fingerprint density at radius 1 is 1.32 bits per heavy atom. The van der Waals surface area contributed by atoms with Crippen LogP contribution in [0, 0.1) is 6.92 Å². The van der Waals surface area contributed by atoms with Crippen LogP contribution in [0.15, 0.2) is 53.3 Å². The molecule has 1 aliphatic rings. The Morgan fingerprint density at radius 2 is 2.00 bits per heavy atom. The number of pyridine rings is 1. The summed E-state index contributed by atoms with van der Waals surface area (Å²) in [5.41, 5.74) is 1.25. The van der Waals surface area contributed by atoms with Gasteiger partial charge in [-0.05, 0) is 50.8 Å². The molecule has 0 saturated carbocycles. The van der Waals surface area contributed by atoms with Gasteiger partial charge in [0.1, 0.15) is 23.0 Å². The van der Waals surface area contributed by atoms with Gasteiger partial charge in [0.05, 0.1) is 5.54 Å². The second-order valence-electron chi connectivity index (χ2n) is 8.31. The van der Waals surface area contributed by atoms with E-state index in [0.717, 1.165) is 12.0 Å². The maximum atomic E-state index is 14.5. The van der Waals surface area contributed by atoms with Gasteiger partial charge in [-0.25, -0.2) is 14.4 Å². The molecule has 0 spiro atoms. The predicted octanol–water partition coefficient (Wildman–Crippen LogP) is 5.42. The van der Waals surface area contributed by atoms with Crippen LogP contribution >= 0.6 is 0 Å². The lowest BCUT2D eigenvalue weighted by Gasteiger charge is -2.48. The minimum Gasteiger partial charge on any atom is -0.509 e. The average molecular weight is 431 g/mol. The van der Waals surface area contributed by atoms with Crippen LogP contribution in [0.1, 0.15) is 58.9 Å². The van der Waals surface area contributed by atoms with E-state index >= 15 is 0 Å². The molecule has 170 valence electrons. The number of nitrogens with zero attached hydrogens (tertiary/aromatic N) is 3. The molecule has 0 bridgehead atoms. The lowest BCUT2D eigenvalue weighted by atomic mass is 9.88. The van der Waals surface area contributed by atoms with E-state index in [0.29, 0.717) is 24.2 Å². The van der Waals surface area contributed by atoms with Gasteiger partial charge in [0.15, 0.2) is 0 Å². The van der Waals surface area contributed by atoms with E-state index in [-0.39, 0.29) is 35.8 Å². The topological polar surface area (TPSA) is 68.7 Å². The number of rotatable bonds is 9. The standard InChI is InChI=1S/C24H35FN4O2/c1-8-10-17(4)19(25)13-14-29-23(31)21(22(30)24(6,9-2)28(29)7)18(5)27-20-12-11-16(3)15-26-20/h11-12,15,30H,5,8-10,13-14H2,1-4,6-7H3,(H,26,27)/b19-17+. The van der Waals surface area contributed by atoms with Gasteiger partial charge in [-0.1, -0.05) is 32.9 Å². The van der Waals surface area contributed by atoms with Gasteiger partial charge in [0, 0.05) is 31.9 Å². The lowest BCUT2D eigenvalue weighted by molar-refractivity contribution is -0.158. The van der Waals surface area contributed by atoms with Gasteiger partial charge in [0.25, 0.3) is 5.91 Å². The molecule has 2 rings (SSSR count). The zero-order valence-corrected chi connectivity index (χ0v) is 19.5. The summed E-state index contributed by atoms with van der Waals surface area (Å²) in [6, 6.07) is 3.68. The van der Waals surface area contributed by atoms with Crippen molar-refractivity contribution in [3.63, 3.8) is 0 Å². The van der Waals surface area contributed by atoms with E-state index in [9.17, 15) is 14.3 Å². The molecule has 7 heteroatoms. The Labute approximate surface area is 185 Å². The summed E-state index contributed by atoms with van der Waals surface area (Å²) in [6.45, 7) is 13.7. The Balaban J connectivity index is 2.35. The fourth-order valence-electron chi connectivity index (χ4n) is 3.66. The molecule has 1 amide bonds. The SMILES string of the molecule is C=C(Nc1ccc(C)cn1)C1=C(O)C(C)(CC)N(C)N(CC/C(F)=C(/C)CCC)C1=O. The van der Waals surface area contributed by atoms with Crippen molar-refractivity contribution in [2.24, 2.45) is 0 Å². The number of aliphatic hydroxyl groups excluding tert-OH is 1. The zero-order valence-electron chi connectivity index (χ0n) is 19.5. The smallest absolute Gasteiger partial charge is 0.273 e. The van der Waals surface area contributed by atoms with Crippen molar-refractivity contribution in [3.8, 4) is 0 Å². The molecule has 0 aliphatic carbocycles. The van der Waals surface area contributed by atoms with Gasteiger partial charge < -0.3 is 10.4 Å². The summed E-state index contributed by atoms with van der Waals surface area (Å²) in [5, 5.41) is 17.3. The Morgan fingerprint density at radius 3 is 2.55 bits per heavy atom. The molecule has 2 heterocycles. The van der Waals surface area contributed by atoms with Crippen molar-refractivity contribution < 1.29 is 14.3 Å². The Bertz CT molecular complexity index is 891. The number of aromatic nitrogens is 1. The number of aryl methyl sites for hydroxylation is 1. The lowest BCUT2D eigenvalue weighted by Crippen LogP contribution is -2.61. The van der Waals surface area contributed by atoms with Crippen molar-refractivity contribution in [3.05, 3.63) is 58.9 Å². The third-order valence-electron chi connectivity index (χ3n) is 6.08. The molecule has 1 aromatic rings. The number of carbonyl (C=O) groups excluding carboxylic acids is 1. The molecule has 1 aromatic heterocycles. The molecule has 1 unspecified atom stereocenters. The number of halogens is 1. The summed E-state index contributed by atoms with van der Waals surface area (Å²) in [6.07, 6.45) is 3.94. The fourth-order valence-corrected chi connectivity index (χ4v) is 3.66. The second kappa shape index (κ2) is 10.1. The summed E-state index contributed by atoms with van der Waals surface area (Å²) in [5.74, 6) is -0.142. The van der Waals surface area contributed by atoms with Crippen molar-refractivity contribution in [1.82, 2.24) is 15.0 Å². The first kappa shape index (κ1) is 24.6. The minimum atomic E-state index is -0.826. The average Bonchev–Trinajstić information content (AvgIpc) is 2.73. The first-order valence-electron chi connectivity index (χ1n) is 10.8. The number of hydrogen-bond donors (Lipinski definition) is 2. The van der Waals surface area contributed by atoms with Crippen LogP contribution in [0.5, 0.6) is 0 Å². The van der Waals surface area contributed by atoms with E-state index in [1.807, 2.05) is 33.8 Å². The van der Waals surface area contributed by atoms with Crippen molar-refractivity contribution in [2.45, 2.75) is 65.8 Å². The van der Waals surface area contributed by atoms with Crippen LogP contribution < -0.4 is 5.32 Å². The highest BCUT2D eigenvalue weighted by atomic mass is 19.1. The fraction of sp³-hybridized carbons (Fsp3) is 0.500. The highest BCUT2D eigenvalue weighted by Crippen LogP contribution is 2.37. The van der Waals surface area contributed by atoms with Gasteiger partial charge in [-0.15, -0.1) is 0 Å². The van der Waals surface area contributed by atoms with Crippen LogP contribution in [0.4, 0.5) is 10.2 Å². The molecular formula is C24H35FN4O2. The van der Waals surface area contributed by atoms with Crippen LogP contribution in [0.3, 0.4) is 0 Å². The summed E-state index contributed by atoms with van der Waals surface area (Å²) >= 11 is 0. The maximum Gasteiger partial charge on any atom is 0.273 e. The van der Waals surface area contributed by atoms with E-state index in [1.54, 1.807) is 31.2 Å². The van der Waals surface area contributed by atoms with Gasteiger partial charge in [-0.3, -0.25) is 9.80 Å². The quantitative estimate of drug-likeness (QED) is 0.548. The van der Waals surface area contributed by atoms with Crippen LogP contribution in [0.25, 0.3) is 0 Å². The van der Waals surface area contributed by atoms with Crippen molar-refractivity contribution >= 4 is 11.7 Å². The van der Waals surface area contributed by atoms with Gasteiger partial charge in [-0.2, -0.15) is 0 Å². The molecule has 0 aromatic carbocycles. The predicted molar refractivity (Wildman–Crippen MR) is 123 cm³/mol. The molecule has 0 saturated heterocycles. The molecule has 0 fully saturated rings. The normalized spacial score (nSPS) is 20.7. The van der Waals surface area contributed by atoms with Gasteiger partial charge in [0.2, 0.25) is 0 Å². The van der Waals surface area contributed by atoms with Crippen molar-refractivity contribution in [2.75, 3.05) is 18.9 Å². The summed E-state index contributed by atoms with van der Waals surface area (Å²) in [7, 11) is 1.74. The van der Waals surface area contributed by atoms with E-state index < -0.39 is 11.4 Å². The molecule has 2 N–H and O–H groups in total. The molecule has 0 radical (unpaired) electrons. The number of nitrogens with one attached hydrogen (secondary N) is 1. The largest absolute Gasteiger partial charge is 0.509 e. The number of carbonyl (C=O) groups is 1. The van der Waals surface area contributed by atoms with Crippen LogP contribution in [-0.2, 0) is 4.79 Å². The van der Waals surface area contributed by atoms with E-state index in [4.69, 9.17) is 0 Å². The number of aliphatic hydroxyl groups is 1. The number of hydrazine groups is 1. The zero-order chi connectivity index (χ0) is 23.3. The number of hydrogen-bond acceptors (Lipinski definition) is 5. The van der Waals surface area contributed by atoms with Gasteiger partial charge >= 0.3 is 0 Å². The third kappa shape index (κ3) is 5.15. The second-order valence-corrected chi connectivity index (χ2v) is 8.31. The molecular weight excluding hydrogens is 395 g/mol. The minimum absolute atomic E-state index is 0.0541. The number of anilines is 1. The Hall–Kier alpha value is -2.67. The highest BCUT2D eigenvalue weighted by molar-refractivity contribution is 5.99. The summed E-state index contributed by atoms with van der Waals surface area (Å²) in [4.78, 5) is 17.6.